The fraction of sp³-hybridized carbons (Fsp3) is 0.625. The molecule has 1 aliphatic heterocycles. The van der Waals surface area contributed by atoms with E-state index in [9.17, 15) is 0 Å². The third kappa shape index (κ3) is 2.46. The molecule has 3 heterocycles. The number of hydrogen-bond donors (Lipinski definition) is 0. The number of aryl methyl sites for hydroxylation is 2. The summed E-state index contributed by atoms with van der Waals surface area (Å²) in [6.45, 7) is 6.06. The van der Waals surface area contributed by atoms with Crippen LogP contribution in [0.2, 0.25) is 0 Å². The molecule has 0 unspecified atom stereocenters. The van der Waals surface area contributed by atoms with E-state index in [1.165, 1.54) is 19.3 Å². The lowest BCUT2D eigenvalue weighted by atomic mass is 9.97. The van der Waals surface area contributed by atoms with E-state index in [2.05, 4.69) is 36.6 Å². The summed E-state index contributed by atoms with van der Waals surface area (Å²) >= 11 is 0. The molecule has 2 fully saturated rings. The van der Waals surface area contributed by atoms with Crippen molar-refractivity contribution in [2.24, 2.45) is 0 Å². The van der Waals surface area contributed by atoms with E-state index in [-0.39, 0.29) is 0 Å². The Kier molecular flexibility index (Phi) is 3.32. The van der Waals surface area contributed by atoms with Crippen LogP contribution < -0.4 is 4.90 Å². The van der Waals surface area contributed by atoms with Crippen LogP contribution >= 0.6 is 0 Å². The first-order chi connectivity index (χ1) is 10.7. The zero-order valence-electron chi connectivity index (χ0n) is 13.2. The van der Waals surface area contributed by atoms with Gasteiger partial charge in [-0.15, -0.1) is 10.2 Å². The zero-order chi connectivity index (χ0) is 15.1. The molecule has 0 N–H and O–H groups in total. The maximum Gasteiger partial charge on any atom is 0.225 e. The second-order valence-electron chi connectivity index (χ2n) is 6.55. The summed E-state index contributed by atoms with van der Waals surface area (Å²) in [5.74, 6) is 2.43. The number of nitrogens with zero attached hydrogens (tertiary/aromatic N) is 6. The molecule has 0 spiro atoms. The van der Waals surface area contributed by atoms with E-state index in [1.807, 2.05) is 19.4 Å². The number of piperidine rings is 1. The van der Waals surface area contributed by atoms with Crippen molar-refractivity contribution in [2.75, 3.05) is 18.0 Å². The lowest BCUT2D eigenvalue weighted by Gasteiger charge is -2.32. The highest BCUT2D eigenvalue weighted by molar-refractivity contribution is 5.34. The molecule has 0 radical (unpaired) electrons. The Morgan fingerprint density at radius 1 is 1.18 bits per heavy atom. The average molecular weight is 298 g/mol. The van der Waals surface area contributed by atoms with Crippen molar-refractivity contribution in [3.8, 4) is 0 Å². The van der Waals surface area contributed by atoms with E-state index in [4.69, 9.17) is 0 Å². The Morgan fingerprint density at radius 2 is 2.05 bits per heavy atom. The van der Waals surface area contributed by atoms with Crippen molar-refractivity contribution < 1.29 is 0 Å². The summed E-state index contributed by atoms with van der Waals surface area (Å²) in [5.41, 5.74) is 2.21. The van der Waals surface area contributed by atoms with Gasteiger partial charge < -0.3 is 9.47 Å². The van der Waals surface area contributed by atoms with Gasteiger partial charge in [0.2, 0.25) is 5.95 Å². The van der Waals surface area contributed by atoms with Gasteiger partial charge in [0.05, 0.1) is 0 Å². The zero-order valence-corrected chi connectivity index (χ0v) is 13.2. The Bertz CT molecular complexity index is 675. The van der Waals surface area contributed by atoms with Crippen LogP contribution in [0.15, 0.2) is 12.5 Å². The molecule has 2 aromatic rings. The highest BCUT2D eigenvalue weighted by Crippen LogP contribution is 2.38. The van der Waals surface area contributed by atoms with Gasteiger partial charge in [0.25, 0.3) is 0 Å². The topological polar surface area (TPSA) is 59.7 Å². The van der Waals surface area contributed by atoms with Crippen LogP contribution in [0, 0.1) is 13.8 Å². The van der Waals surface area contributed by atoms with Gasteiger partial charge in [0.1, 0.15) is 12.2 Å². The summed E-state index contributed by atoms with van der Waals surface area (Å²) in [6, 6.07) is 0.637. The van der Waals surface area contributed by atoms with Gasteiger partial charge >= 0.3 is 0 Å². The molecule has 22 heavy (non-hydrogen) atoms. The first kappa shape index (κ1) is 13.7. The summed E-state index contributed by atoms with van der Waals surface area (Å²) in [6.07, 6.45) is 8.68. The summed E-state index contributed by atoms with van der Waals surface area (Å²) in [7, 11) is 0. The Balaban J connectivity index is 1.56. The monoisotopic (exact) mass is 298 g/mol. The van der Waals surface area contributed by atoms with E-state index in [0.717, 1.165) is 42.5 Å². The SMILES string of the molecule is Cc1cnc(N2CCC[C@@H](c3nncn3C3CC3)C2)nc1C. The third-order valence-electron chi connectivity index (χ3n) is 4.82. The number of hydrogen-bond acceptors (Lipinski definition) is 5. The maximum absolute atomic E-state index is 4.65. The van der Waals surface area contributed by atoms with Crippen LogP contribution in [0.3, 0.4) is 0 Å². The van der Waals surface area contributed by atoms with E-state index in [0.29, 0.717) is 12.0 Å². The second-order valence-corrected chi connectivity index (χ2v) is 6.55. The second kappa shape index (κ2) is 5.34. The molecule has 2 aliphatic rings. The lowest BCUT2D eigenvalue weighted by molar-refractivity contribution is 0.466. The van der Waals surface area contributed by atoms with Crippen molar-refractivity contribution in [1.29, 1.82) is 0 Å². The van der Waals surface area contributed by atoms with Crippen LogP contribution in [0.4, 0.5) is 5.95 Å². The predicted octanol–water partition coefficient (Wildman–Crippen LogP) is 2.40. The Labute approximate surface area is 130 Å². The number of anilines is 1. The van der Waals surface area contributed by atoms with Gasteiger partial charge in [-0.25, -0.2) is 9.97 Å². The molecule has 1 saturated carbocycles. The van der Waals surface area contributed by atoms with Crippen molar-refractivity contribution in [3.05, 3.63) is 29.6 Å². The van der Waals surface area contributed by atoms with Gasteiger partial charge in [-0.2, -0.15) is 0 Å². The minimum absolute atomic E-state index is 0.432. The molecule has 1 atom stereocenters. The van der Waals surface area contributed by atoms with Crippen molar-refractivity contribution in [1.82, 2.24) is 24.7 Å². The fourth-order valence-electron chi connectivity index (χ4n) is 3.21. The summed E-state index contributed by atoms with van der Waals surface area (Å²) < 4.78 is 2.29. The minimum Gasteiger partial charge on any atom is -0.340 e. The lowest BCUT2D eigenvalue weighted by Crippen LogP contribution is -2.36. The quantitative estimate of drug-likeness (QED) is 0.871. The van der Waals surface area contributed by atoms with Crippen molar-refractivity contribution >= 4 is 5.95 Å². The molecule has 4 rings (SSSR count). The minimum atomic E-state index is 0.432. The molecular weight excluding hydrogens is 276 g/mol. The smallest absolute Gasteiger partial charge is 0.225 e. The van der Waals surface area contributed by atoms with Crippen LogP contribution in [0.1, 0.15) is 54.7 Å². The van der Waals surface area contributed by atoms with Gasteiger partial charge in [-0.3, -0.25) is 0 Å². The van der Waals surface area contributed by atoms with Crippen LogP contribution in [0.5, 0.6) is 0 Å². The van der Waals surface area contributed by atoms with Gasteiger partial charge in [0, 0.05) is 36.9 Å². The molecule has 1 aliphatic carbocycles. The Morgan fingerprint density at radius 3 is 2.82 bits per heavy atom. The summed E-state index contributed by atoms with van der Waals surface area (Å²) in [5, 5.41) is 8.55. The van der Waals surface area contributed by atoms with Gasteiger partial charge in [0.15, 0.2) is 0 Å². The van der Waals surface area contributed by atoms with E-state index >= 15 is 0 Å². The molecule has 1 saturated heterocycles. The number of rotatable bonds is 3. The molecular formula is C16H22N6. The van der Waals surface area contributed by atoms with Crippen LogP contribution in [-0.2, 0) is 0 Å². The van der Waals surface area contributed by atoms with Crippen LogP contribution in [-0.4, -0.2) is 37.8 Å². The molecule has 6 heteroatoms. The highest BCUT2D eigenvalue weighted by Gasteiger charge is 2.31. The average Bonchev–Trinajstić information content (AvgIpc) is 3.27. The normalized spacial score (nSPS) is 22.1. The van der Waals surface area contributed by atoms with Crippen LogP contribution in [0.25, 0.3) is 0 Å². The first-order valence-corrected chi connectivity index (χ1v) is 8.17. The van der Waals surface area contributed by atoms with E-state index < -0.39 is 0 Å². The molecule has 0 bridgehead atoms. The van der Waals surface area contributed by atoms with Gasteiger partial charge in [-0.1, -0.05) is 0 Å². The van der Waals surface area contributed by atoms with Crippen molar-refractivity contribution in [2.45, 2.75) is 51.5 Å². The molecule has 116 valence electrons. The maximum atomic E-state index is 4.65. The Hall–Kier alpha value is -1.98. The largest absolute Gasteiger partial charge is 0.340 e. The van der Waals surface area contributed by atoms with Crippen molar-refractivity contribution in [3.63, 3.8) is 0 Å². The number of aromatic nitrogens is 5. The molecule has 0 amide bonds. The highest BCUT2D eigenvalue weighted by atomic mass is 15.3. The van der Waals surface area contributed by atoms with Gasteiger partial charge in [-0.05, 0) is 45.1 Å². The molecule has 2 aromatic heterocycles. The third-order valence-corrected chi connectivity index (χ3v) is 4.82. The van der Waals surface area contributed by atoms with E-state index in [1.54, 1.807) is 0 Å². The molecule has 0 aromatic carbocycles. The fourth-order valence-corrected chi connectivity index (χ4v) is 3.21. The standard InChI is InChI=1S/C16H22N6/c1-11-8-17-16(19-12(11)2)21-7-3-4-13(9-21)15-20-18-10-22(15)14-5-6-14/h8,10,13-14H,3-7,9H2,1-2H3/t13-/m1/s1. The summed E-state index contributed by atoms with van der Waals surface area (Å²) in [4.78, 5) is 11.5. The molecule has 6 nitrogen and oxygen atoms in total. The predicted molar refractivity (Wildman–Crippen MR) is 84.0 cm³/mol. The first-order valence-electron chi connectivity index (χ1n) is 8.17.